The number of hydrogen-bond acceptors (Lipinski definition) is 4. The Labute approximate surface area is 105 Å². The smallest absolute Gasteiger partial charge is 0.354 e. The fourth-order valence-corrected chi connectivity index (χ4v) is 2.02. The van der Waals surface area contributed by atoms with E-state index in [1.807, 2.05) is 0 Å². The summed E-state index contributed by atoms with van der Waals surface area (Å²) in [7, 11) is 0. The third kappa shape index (κ3) is 1.68. The van der Waals surface area contributed by atoms with Crippen LogP contribution in [0, 0.1) is 10.1 Å². The van der Waals surface area contributed by atoms with E-state index in [0.717, 1.165) is 5.39 Å². The number of pyridine rings is 1. The summed E-state index contributed by atoms with van der Waals surface area (Å²) in [5.74, 6) is -1.11. The number of aromatic nitrogens is 2. The number of rotatable bonds is 2. The molecule has 2 N–H and O–H groups in total. The number of nitro groups is 1. The molecule has 7 heteroatoms. The van der Waals surface area contributed by atoms with E-state index in [-0.39, 0.29) is 11.4 Å². The van der Waals surface area contributed by atoms with Crippen molar-refractivity contribution in [2.75, 3.05) is 0 Å². The second kappa shape index (κ2) is 3.77. The lowest BCUT2D eigenvalue weighted by Gasteiger charge is -1.94. The van der Waals surface area contributed by atoms with Gasteiger partial charge in [-0.25, -0.2) is 9.78 Å². The quantitative estimate of drug-likeness (QED) is 0.540. The van der Waals surface area contributed by atoms with Crippen molar-refractivity contribution in [2.45, 2.75) is 0 Å². The number of fused-ring (bicyclic) bond motifs is 3. The molecule has 0 fully saturated rings. The van der Waals surface area contributed by atoms with Crippen molar-refractivity contribution in [1.29, 1.82) is 0 Å². The van der Waals surface area contributed by atoms with Gasteiger partial charge in [0.25, 0.3) is 5.69 Å². The summed E-state index contributed by atoms with van der Waals surface area (Å²) in [4.78, 5) is 27.9. The van der Waals surface area contributed by atoms with E-state index in [1.165, 1.54) is 24.4 Å². The maximum atomic E-state index is 10.9. The van der Waals surface area contributed by atoms with E-state index < -0.39 is 10.9 Å². The minimum atomic E-state index is -1.11. The Morgan fingerprint density at radius 1 is 1.26 bits per heavy atom. The van der Waals surface area contributed by atoms with Gasteiger partial charge in [0.05, 0.1) is 22.2 Å². The Morgan fingerprint density at radius 2 is 2.05 bits per heavy atom. The number of H-pyrrole nitrogens is 1. The molecule has 7 nitrogen and oxygen atoms in total. The van der Waals surface area contributed by atoms with E-state index in [1.54, 1.807) is 6.07 Å². The van der Waals surface area contributed by atoms with Gasteiger partial charge in [0.1, 0.15) is 5.69 Å². The van der Waals surface area contributed by atoms with Crippen LogP contribution in [-0.4, -0.2) is 26.0 Å². The topological polar surface area (TPSA) is 109 Å². The average molecular weight is 257 g/mol. The van der Waals surface area contributed by atoms with Crippen LogP contribution in [0.4, 0.5) is 5.69 Å². The second-order valence-corrected chi connectivity index (χ2v) is 4.03. The van der Waals surface area contributed by atoms with Gasteiger partial charge in [-0.1, -0.05) is 0 Å². The van der Waals surface area contributed by atoms with Gasteiger partial charge in [-0.3, -0.25) is 10.1 Å². The molecule has 0 aliphatic rings. The average Bonchev–Trinajstić information content (AvgIpc) is 2.74. The van der Waals surface area contributed by atoms with Gasteiger partial charge in [0.15, 0.2) is 0 Å². The van der Waals surface area contributed by atoms with Gasteiger partial charge in [-0.05, 0) is 12.1 Å². The molecule has 0 bridgehead atoms. The Hall–Kier alpha value is -2.96. The van der Waals surface area contributed by atoms with Crippen LogP contribution >= 0.6 is 0 Å². The fourth-order valence-electron chi connectivity index (χ4n) is 2.02. The summed E-state index contributed by atoms with van der Waals surface area (Å²) in [6.07, 6.45) is 1.41. The minimum absolute atomic E-state index is 0.0227. The standard InChI is InChI=1S/C12H7N3O4/c16-12(17)10-4-8-7-2-1-6(15(18)19)3-9(7)14-11(8)5-13-10/h1-5,14H,(H,16,17). The molecule has 3 aromatic rings. The molecule has 0 saturated carbocycles. The predicted molar refractivity (Wildman–Crippen MR) is 67.2 cm³/mol. The van der Waals surface area contributed by atoms with Crippen LogP contribution in [-0.2, 0) is 0 Å². The van der Waals surface area contributed by atoms with Gasteiger partial charge in [0.2, 0.25) is 0 Å². The number of benzene rings is 1. The van der Waals surface area contributed by atoms with E-state index in [2.05, 4.69) is 9.97 Å². The number of non-ortho nitro benzene ring substituents is 1. The van der Waals surface area contributed by atoms with Crippen LogP contribution in [0.2, 0.25) is 0 Å². The number of nitro benzene ring substituents is 1. The van der Waals surface area contributed by atoms with Gasteiger partial charge >= 0.3 is 5.97 Å². The summed E-state index contributed by atoms with van der Waals surface area (Å²) in [6, 6.07) is 5.84. The SMILES string of the molecule is O=C(O)c1cc2c(cn1)[nH]c1cc([N+](=O)[O-])ccc12. The Bertz CT molecular complexity index is 837. The molecule has 0 atom stereocenters. The van der Waals surface area contributed by atoms with Crippen molar-refractivity contribution in [1.82, 2.24) is 9.97 Å². The number of aromatic amines is 1. The first-order valence-electron chi connectivity index (χ1n) is 5.35. The molecule has 0 aliphatic carbocycles. The first-order chi connectivity index (χ1) is 9.06. The summed E-state index contributed by atoms with van der Waals surface area (Å²) < 4.78 is 0. The molecule has 19 heavy (non-hydrogen) atoms. The molecule has 0 aliphatic heterocycles. The normalized spacial score (nSPS) is 10.9. The molecular formula is C12H7N3O4. The highest BCUT2D eigenvalue weighted by Gasteiger charge is 2.12. The molecule has 2 aromatic heterocycles. The fraction of sp³-hybridized carbons (Fsp3) is 0. The van der Waals surface area contributed by atoms with Gasteiger partial charge < -0.3 is 10.1 Å². The van der Waals surface area contributed by atoms with E-state index in [4.69, 9.17) is 5.11 Å². The van der Waals surface area contributed by atoms with Crippen LogP contribution in [0.5, 0.6) is 0 Å². The number of carbonyl (C=O) groups is 1. The lowest BCUT2D eigenvalue weighted by Crippen LogP contribution is -1.98. The van der Waals surface area contributed by atoms with Gasteiger partial charge in [-0.2, -0.15) is 0 Å². The minimum Gasteiger partial charge on any atom is -0.477 e. The second-order valence-electron chi connectivity index (χ2n) is 4.03. The molecule has 0 amide bonds. The number of nitrogens with one attached hydrogen (secondary N) is 1. The monoisotopic (exact) mass is 257 g/mol. The summed E-state index contributed by atoms with van der Waals surface area (Å²) in [5.41, 5.74) is 1.13. The molecule has 94 valence electrons. The summed E-state index contributed by atoms with van der Waals surface area (Å²) in [5, 5.41) is 21.0. The molecule has 0 radical (unpaired) electrons. The third-order valence-electron chi connectivity index (χ3n) is 2.90. The van der Waals surface area contributed by atoms with Crippen LogP contribution in [0.15, 0.2) is 30.5 Å². The van der Waals surface area contributed by atoms with Crippen LogP contribution in [0.1, 0.15) is 10.5 Å². The van der Waals surface area contributed by atoms with Crippen molar-refractivity contribution in [2.24, 2.45) is 0 Å². The zero-order chi connectivity index (χ0) is 13.6. The van der Waals surface area contributed by atoms with Crippen molar-refractivity contribution in [3.63, 3.8) is 0 Å². The molecule has 0 saturated heterocycles. The number of carboxylic acids is 1. The van der Waals surface area contributed by atoms with Crippen molar-refractivity contribution in [3.8, 4) is 0 Å². The number of nitrogens with zero attached hydrogens (tertiary/aromatic N) is 2. The highest BCUT2D eigenvalue weighted by atomic mass is 16.6. The molecule has 1 aromatic carbocycles. The Morgan fingerprint density at radius 3 is 2.74 bits per heavy atom. The largest absolute Gasteiger partial charge is 0.477 e. The molecule has 0 unspecified atom stereocenters. The van der Waals surface area contributed by atoms with E-state index >= 15 is 0 Å². The van der Waals surface area contributed by atoms with Crippen molar-refractivity contribution in [3.05, 3.63) is 46.3 Å². The van der Waals surface area contributed by atoms with E-state index in [0.29, 0.717) is 16.4 Å². The van der Waals surface area contributed by atoms with Crippen LogP contribution in [0.25, 0.3) is 21.8 Å². The zero-order valence-corrected chi connectivity index (χ0v) is 9.45. The van der Waals surface area contributed by atoms with Gasteiger partial charge in [-0.15, -0.1) is 0 Å². The Balaban J connectivity index is 2.33. The highest BCUT2D eigenvalue weighted by molar-refractivity contribution is 6.09. The number of carboxylic acid groups (broad SMARTS) is 1. The van der Waals surface area contributed by atoms with E-state index in [9.17, 15) is 14.9 Å². The third-order valence-corrected chi connectivity index (χ3v) is 2.90. The first-order valence-corrected chi connectivity index (χ1v) is 5.35. The Kier molecular flexibility index (Phi) is 2.21. The molecular weight excluding hydrogens is 250 g/mol. The molecule has 3 rings (SSSR count). The summed E-state index contributed by atoms with van der Waals surface area (Å²) >= 11 is 0. The predicted octanol–water partition coefficient (Wildman–Crippen LogP) is 2.32. The number of aromatic carboxylic acids is 1. The maximum Gasteiger partial charge on any atom is 0.354 e. The molecule has 2 heterocycles. The highest BCUT2D eigenvalue weighted by Crippen LogP contribution is 2.28. The lowest BCUT2D eigenvalue weighted by molar-refractivity contribution is -0.384. The summed E-state index contributed by atoms with van der Waals surface area (Å²) in [6.45, 7) is 0. The molecule has 0 spiro atoms. The van der Waals surface area contributed by atoms with Gasteiger partial charge in [0, 0.05) is 22.9 Å². The lowest BCUT2D eigenvalue weighted by atomic mass is 10.1. The van der Waals surface area contributed by atoms with Crippen molar-refractivity contribution < 1.29 is 14.8 Å². The number of hydrogen-bond donors (Lipinski definition) is 2. The van der Waals surface area contributed by atoms with Crippen molar-refractivity contribution >= 4 is 33.5 Å². The first kappa shape index (κ1) is 11.1. The van der Waals surface area contributed by atoms with Crippen LogP contribution < -0.4 is 0 Å². The zero-order valence-electron chi connectivity index (χ0n) is 9.45. The maximum absolute atomic E-state index is 10.9. The van der Waals surface area contributed by atoms with Crippen LogP contribution in [0.3, 0.4) is 0 Å².